The van der Waals surface area contributed by atoms with E-state index in [1.54, 1.807) is 12.1 Å². The fraction of sp³-hybridized carbons (Fsp3) is 0.231. The predicted octanol–water partition coefficient (Wildman–Crippen LogP) is 0.478. The zero-order valence-electron chi connectivity index (χ0n) is 11.1. The lowest BCUT2D eigenvalue weighted by molar-refractivity contribution is -0.120. The van der Waals surface area contributed by atoms with Crippen molar-refractivity contribution in [3.8, 4) is 11.4 Å². The van der Waals surface area contributed by atoms with Crippen LogP contribution in [0.4, 0.5) is 4.79 Å². The summed E-state index contributed by atoms with van der Waals surface area (Å²) in [6.07, 6.45) is 0.412. The molecule has 0 aliphatic rings. The van der Waals surface area contributed by atoms with Crippen LogP contribution >= 0.6 is 0 Å². The number of aromatic nitrogens is 2. The highest BCUT2D eigenvalue weighted by Crippen LogP contribution is 2.15. The Morgan fingerprint density at radius 2 is 2.00 bits per heavy atom. The summed E-state index contributed by atoms with van der Waals surface area (Å²) < 4.78 is 6.00. The third-order valence-corrected chi connectivity index (χ3v) is 2.77. The number of hydrogen-bond acceptors (Lipinski definition) is 5. The maximum absolute atomic E-state index is 11.6. The Labute approximate surface area is 119 Å². The van der Waals surface area contributed by atoms with Crippen molar-refractivity contribution in [2.24, 2.45) is 5.73 Å². The smallest absolute Gasteiger partial charge is 0.351 e. The van der Waals surface area contributed by atoms with Crippen molar-refractivity contribution >= 4 is 11.9 Å². The van der Waals surface area contributed by atoms with Crippen LogP contribution in [0.3, 0.4) is 0 Å². The van der Waals surface area contributed by atoms with E-state index in [0.29, 0.717) is 12.2 Å². The Kier molecular flexibility index (Phi) is 4.50. The second-order valence-electron chi connectivity index (χ2n) is 4.31. The monoisotopic (exact) mass is 290 g/mol. The zero-order valence-corrected chi connectivity index (χ0v) is 11.1. The summed E-state index contributed by atoms with van der Waals surface area (Å²) in [5.74, 6) is -0.687. The van der Waals surface area contributed by atoms with Gasteiger partial charge < -0.3 is 5.73 Å². The molecule has 8 nitrogen and oxygen atoms in total. The number of nitrogens with two attached hydrogens (primary N) is 1. The van der Waals surface area contributed by atoms with Gasteiger partial charge in [-0.1, -0.05) is 35.5 Å². The molecule has 21 heavy (non-hydrogen) atoms. The molecular weight excluding hydrogens is 276 g/mol. The first kappa shape index (κ1) is 14.5. The molecule has 3 N–H and O–H groups in total. The standard InChI is InChI=1S/C13H14N4O4/c14-12(19)15-10(18)7-4-8-17-11(16-21-13(17)20)9-5-2-1-3-6-9/h1-3,5-6H,4,7-8H2,(H3,14,15,18,19). The fourth-order valence-electron chi connectivity index (χ4n) is 1.86. The molecule has 0 saturated heterocycles. The van der Waals surface area contributed by atoms with E-state index < -0.39 is 17.7 Å². The number of imide groups is 1. The predicted molar refractivity (Wildman–Crippen MR) is 73.2 cm³/mol. The number of urea groups is 1. The Morgan fingerprint density at radius 3 is 2.67 bits per heavy atom. The van der Waals surface area contributed by atoms with Gasteiger partial charge >= 0.3 is 11.8 Å². The summed E-state index contributed by atoms with van der Waals surface area (Å²) in [6, 6.07) is 8.19. The molecule has 8 heteroatoms. The van der Waals surface area contributed by atoms with Gasteiger partial charge in [0.15, 0.2) is 5.82 Å². The van der Waals surface area contributed by atoms with Crippen LogP contribution in [0.5, 0.6) is 0 Å². The van der Waals surface area contributed by atoms with E-state index in [0.717, 1.165) is 5.56 Å². The van der Waals surface area contributed by atoms with Crippen molar-refractivity contribution in [3.05, 3.63) is 40.9 Å². The highest BCUT2D eigenvalue weighted by Gasteiger charge is 2.13. The van der Waals surface area contributed by atoms with Gasteiger partial charge in [0.2, 0.25) is 5.91 Å². The zero-order chi connectivity index (χ0) is 15.2. The molecule has 0 aliphatic heterocycles. The molecular formula is C13H14N4O4. The average molecular weight is 290 g/mol. The van der Waals surface area contributed by atoms with Crippen molar-refractivity contribution in [1.82, 2.24) is 15.0 Å². The molecule has 0 unspecified atom stereocenters. The molecule has 0 fully saturated rings. The van der Waals surface area contributed by atoms with Gasteiger partial charge in [0.1, 0.15) is 0 Å². The minimum atomic E-state index is -0.896. The Hall–Kier alpha value is -2.90. The van der Waals surface area contributed by atoms with Crippen molar-refractivity contribution in [1.29, 1.82) is 0 Å². The molecule has 1 heterocycles. The van der Waals surface area contributed by atoms with E-state index in [2.05, 4.69) is 9.68 Å². The molecule has 1 aromatic carbocycles. The molecule has 0 spiro atoms. The van der Waals surface area contributed by atoms with Gasteiger partial charge in [-0.05, 0) is 6.42 Å². The Morgan fingerprint density at radius 1 is 1.29 bits per heavy atom. The van der Waals surface area contributed by atoms with Gasteiger partial charge in [0.25, 0.3) is 0 Å². The summed E-state index contributed by atoms with van der Waals surface area (Å²) in [6.45, 7) is 0.249. The molecule has 3 amide bonds. The number of nitrogens with zero attached hydrogens (tertiary/aromatic N) is 2. The van der Waals surface area contributed by atoms with Crippen LogP contribution in [0.15, 0.2) is 39.6 Å². The molecule has 110 valence electrons. The van der Waals surface area contributed by atoms with Crippen molar-refractivity contribution in [2.75, 3.05) is 0 Å². The van der Waals surface area contributed by atoms with Crippen molar-refractivity contribution in [3.63, 3.8) is 0 Å². The van der Waals surface area contributed by atoms with E-state index in [9.17, 15) is 14.4 Å². The van der Waals surface area contributed by atoms with Gasteiger partial charge in [-0.25, -0.2) is 9.59 Å². The van der Waals surface area contributed by atoms with E-state index in [-0.39, 0.29) is 13.0 Å². The van der Waals surface area contributed by atoms with Gasteiger partial charge in [-0.3, -0.25) is 19.2 Å². The molecule has 0 radical (unpaired) electrons. The number of carbonyl (C=O) groups is 2. The quantitative estimate of drug-likeness (QED) is 0.829. The lowest BCUT2D eigenvalue weighted by Gasteiger charge is -2.04. The summed E-state index contributed by atoms with van der Waals surface area (Å²) in [4.78, 5) is 33.4. The average Bonchev–Trinajstić information content (AvgIpc) is 2.80. The van der Waals surface area contributed by atoms with Crippen LogP contribution in [-0.4, -0.2) is 21.7 Å². The third kappa shape index (κ3) is 3.78. The number of benzene rings is 1. The summed E-state index contributed by atoms with van der Waals surface area (Å²) in [5, 5.41) is 5.69. The number of carbonyl (C=O) groups excluding carboxylic acids is 2. The first-order valence-corrected chi connectivity index (χ1v) is 6.29. The van der Waals surface area contributed by atoms with Gasteiger partial charge in [-0.2, -0.15) is 0 Å². The van der Waals surface area contributed by atoms with Crippen LogP contribution in [0.1, 0.15) is 12.8 Å². The van der Waals surface area contributed by atoms with Crippen molar-refractivity contribution in [2.45, 2.75) is 19.4 Å². The first-order valence-electron chi connectivity index (χ1n) is 6.29. The van der Waals surface area contributed by atoms with Gasteiger partial charge in [0, 0.05) is 18.5 Å². The van der Waals surface area contributed by atoms with Crippen LogP contribution in [0, 0.1) is 0 Å². The van der Waals surface area contributed by atoms with Crippen LogP contribution in [0.25, 0.3) is 11.4 Å². The van der Waals surface area contributed by atoms with Gasteiger partial charge in [-0.15, -0.1) is 0 Å². The molecule has 2 aromatic rings. The Bertz CT molecular complexity index is 690. The van der Waals surface area contributed by atoms with Crippen LogP contribution in [0.2, 0.25) is 0 Å². The van der Waals surface area contributed by atoms with E-state index in [1.165, 1.54) is 4.57 Å². The summed E-state index contributed by atoms with van der Waals surface area (Å²) in [7, 11) is 0. The molecule has 2 rings (SSSR count). The van der Waals surface area contributed by atoms with Gasteiger partial charge in [0.05, 0.1) is 0 Å². The van der Waals surface area contributed by atoms with E-state index in [4.69, 9.17) is 5.73 Å². The topological polar surface area (TPSA) is 120 Å². The minimum Gasteiger partial charge on any atom is -0.351 e. The van der Waals surface area contributed by atoms with Crippen LogP contribution in [-0.2, 0) is 11.3 Å². The third-order valence-electron chi connectivity index (χ3n) is 2.77. The highest BCUT2D eigenvalue weighted by molar-refractivity contribution is 5.93. The first-order chi connectivity index (χ1) is 10.1. The SMILES string of the molecule is NC(=O)NC(=O)CCCn1c(-c2ccccc2)noc1=O. The number of nitrogens with one attached hydrogen (secondary N) is 1. The molecule has 0 bridgehead atoms. The summed E-state index contributed by atoms with van der Waals surface area (Å²) in [5.41, 5.74) is 5.57. The van der Waals surface area contributed by atoms with E-state index in [1.807, 2.05) is 23.5 Å². The number of hydrogen-bond donors (Lipinski definition) is 2. The minimum absolute atomic E-state index is 0.0643. The summed E-state index contributed by atoms with van der Waals surface area (Å²) >= 11 is 0. The lowest BCUT2D eigenvalue weighted by Crippen LogP contribution is -2.35. The van der Waals surface area contributed by atoms with Crippen LogP contribution < -0.4 is 16.8 Å². The second-order valence-corrected chi connectivity index (χ2v) is 4.31. The second kappa shape index (κ2) is 6.51. The maximum atomic E-state index is 11.6. The van der Waals surface area contributed by atoms with E-state index >= 15 is 0 Å². The Balaban J connectivity index is 2.04. The molecule has 1 aromatic heterocycles. The highest BCUT2D eigenvalue weighted by atomic mass is 16.5. The molecule has 0 saturated carbocycles. The van der Waals surface area contributed by atoms with Crippen molar-refractivity contribution < 1.29 is 14.1 Å². The number of amides is 3. The molecule has 0 aliphatic carbocycles. The number of rotatable bonds is 5. The molecule has 0 atom stereocenters. The lowest BCUT2D eigenvalue weighted by atomic mass is 10.2. The maximum Gasteiger partial charge on any atom is 0.441 e. The normalized spacial score (nSPS) is 10.3. The number of primary amides is 1. The fourth-order valence-corrected chi connectivity index (χ4v) is 1.86. The largest absolute Gasteiger partial charge is 0.441 e.